The summed E-state index contributed by atoms with van der Waals surface area (Å²) in [5.74, 6) is -1.60. The molecule has 2 N–H and O–H groups in total. The summed E-state index contributed by atoms with van der Waals surface area (Å²) < 4.78 is 39.4. The van der Waals surface area contributed by atoms with Crippen LogP contribution in [0.4, 0.5) is 0 Å². The monoisotopic (exact) mass is 499 g/mol. The quantitative estimate of drug-likeness (QED) is 0.244. The summed E-state index contributed by atoms with van der Waals surface area (Å²) in [5.41, 5.74) is 1.14. The molecule has 0 aromatic heterocycles. The van der Waals surface area contributed by atoms with Gasteiger partial charge in [-0.15, -0.1) is 0 Å². The summed E-state index contributed by atoms with van der Waals surface area (Å²) in [6.07, 6.45) is -1.12. The van der Waals surface area contributed by atoms with E-state index in [4.69, 9.17) is 33.2 Å². The zero-order valence-electron chi connectivity index (χ0n) is 21.3. The summed E-state index contributed by atoms with van der Waals surface area (Å²) in [6, 6.07) is 9.46. The zero-order valence-corrected chi connectivity index (χ0v) is 21.3. The van der Waals surface area contributed by atoms with Crippen molar-refractivity contribution in [2.75, 3.05) is 53.4 Å². The van der Waals surface area contributed by atoms with Gasteiger partial charge in [-0.25, -0.2) is 0 Å². The average Bonchev–Trinajstić information content (AvgIpc) is 2.80. The summed E-state index contributed by atoms with van der Waals surface area (Å²) in [5, 5.41) is 12.9. The molecule has 1 heterocycles. The maximum Gasteiger partial charge on any atom is 0.217 e. The Labute approximate surface area is 208 Å². The number of carbonyl (C=O) groups is 1. The normalized spacial score (nSPS) is 22.8. The fourth-order valence-corrected chi connectivity index (χ4v) is 3.64. The molecule has 1 aromatic rings. The molecule has 0 unspecified atom stereocenters. The Hall–Kier alpha value is -1.63. The van der Waals surface area contributed by atoms with E-state index in [2.05, 4.69) is 5.32 Å². The molecule has 1 amide bonds. The van der Waals surface area contributed by atoms with Gasteiger partial charge in [-0.1, -0.05) is 30.3 Å². The third kappa shape index (κ3) is 12.8. The van der Waals surface area contributed by atoms with Gasteiger partial charge < -0.3 is 43.6 Å². The van der Waals surface area contributed by atoms with Gasteiger partial charge in [0.2, 0.25) is 5.91 Å². The Balaban J connectivity index is 1.55. The SMILES string of the molecule is CO[C@H]1O[C@H](COCCOCCOCCOCc2ccccc2)C[C@H](OC(C)(C)O)[C@H]1NC(C)=O. The smallest absolute Gasteiger partial charge is 0.217 e. The molecule has 0 aliphatic carbocycles. The summed E-state index contributed by atoms with van der Waals surface area (Å²) in [4.78, 5) is 11.6. The van der Waals surface area contributed by atoms with E-state index in [0.717, 1.165) is 5.56 Å². The number of benzene rings is 1. The van der Waals surface area contributed by atoms with Gasteiger partial charge >= 0.3 is 0 Å². The second kappa shape index (κ2) is 16.2. The Morgan fingerprint density at radius 3 is 2.20 bits per heavy atom. The lowest BCUT2D eigenvalue weighted by Gasteiger charge is -2.42. The van der Waals surface area contributed by atoms with Crippen molar-refractivity contribution in [3.63, 3.8) is 0 Å². The summed E-state index contributed by atoms with van der Waals surface area (Å²) in [6.45, 7) is 8.18. The first-order chi connectivity index (χ1) is 16.8. The molecule has 0 saturated carbocycles. The van der Waals surface area contributed by atoms with Crippen LogP contribution in [-0.2, 0) is 44.6 Å². The van der Waals surface area contributed by atoms with Crippen molar-refractivity contribution in [3.05, 3.63) is 35.9 Å². The molecule has 200 valence electrons. The maximum atomic E-state index is 11.6. The van der Waals surface area contributed by atoms with Gasteiger partial charge in [-0.3, -0.25) is 4.79 Å². The van der Waals surface area contributed by atoms with Crippen molar-refractivity contribution >= 4 is 5.91 Å². The molecule has 0 bridgehead atoms. The first-order valence-electron chi connectivity index (χ1n) is 12.0. The number of amides is 1. The minimum absolute atomic E-state index is 0.236. The Morgan fingerprint density at radius 2 is 1.63 bits per heavy atom. The molecule has 0 spiro atoms. The van der Waals surface area contributed by atoms with E-state index in [1.807, 2.05) is 30.3 Å². The highest BCUT2D eigenvalue weighted by molar-refractivity contribution is 5.73. The number of methoxy groups -OCH3 is 1. The molecular formula is C25H41NO9. The highest BCUT2D eigenvalue weighted by Gasteiger charge is 2.42. The Kier molecular flexibility index (Phi) is 13.7. The average molecular weight is 500 g/mol. The van der Waals surface area contributed by atoms with Crippen LogP contribution in [-0.4, -0.2) is 94.7 Å². The van der Waals surface area contributed by atoms with Crippen LogP contribution >= 0.6 is 0 Å². The minimum Gasteiger partial charge on any atom is -0.377 e. The number of aliphatic hydroxyl groups is 1. The van der Waals surface area contributed by atoms with E-state index in [0.29, 0.717) is 59.3 Å². The first kappa shape index (κ1) is 29.6. The molecule has 10 nitrogen and oxygen atoms in total. The number of rotatable bonds is 17. The molecule has 0 radical (unpaired) electrons. The fraction of sp³-hybridized carbons (Fsp3) is 0.720. The molecule has 1 aliphatic heterocycles. The van der Waals surface area contributed by atoms with Crippen molar-refractivity contribution < 1.29 is 43.1 Å². The van der Waals surface area contributed by atoms with Crippen molar-refractivity contribution in [1.29, 1.82) is 0 Å². The van der Waals surface area contributed by atoms with Crippen molar-refractivity contribution in [2.24, 2.45) is 0 Å². The third-order valence-electron chi connectivity index (χ3n) is 5.09. The van der Waals surface area contributed by atoms with Crippen molar-refractivity contribution in [1.82, 2.24) is 5.32 Å². The maximum absolute atomic E-state index is 11.6. The first-order valence-corrected chi connectivity index (χ1v) is 12.0. The lowest BCUT2D eigenvalue weighted by atomic mass is 9.99. The van der Waals surface area contributed by atoms with Crippen LogP contribution in [0.3, 0.4) is 0 Å². The highest BCUT2D eigenvalue weighted by atomic mass is 16.7. The molecule has 10 heteroatoms. The van der Waals surface area contributed by atoms with E-state index in [9.17, 15) is 9.90 Å². The van der Waals surface area contributed by atoms with Crippen LogP contribution in [0.15, 0.2) is 30.3 Å². The van der Waals surface area contributed by atoms with Gasteiger partial charge in [0.25, 0.3) is 0 Å². The second-order valence-electron chi connectivity index (χ2n) is 8.77. The summed E-state index contributed by atoms with van der Waals surface area (Å²) in [7, 11) is 1.50. The second-order valence-corrected chi connectivity index (χ2v) is 8.77. The number of hydrogen-bond acceptors (Lipinski definition) is 9. The summed E-state index contributed by atoms with van der Waals surface area (Å²) >= 11 is 0. The number of ether oxygens (including phenoxy) is 7. The van der Waals surface area contributed by atoms with Crippen LogP contribution in [0.25, 0.3) is 0 Å². The van der Waals surface area contributed by atoms with Crippen LogP contribution in [0.5, 0.6) is 0 Å². The largest absolute Gasteiger partial charge is 0.377 e. The van der Waals surface area contributed by atoms with Crippen LogP contribution in [0, 0.1) is 0 Å². The van der Waals surface area contributed by atoms with Gasteiger partial charge in [0.1, 0.15) is 6.04 Å². The van der Waals surface area contributed by atoms with E-state index >= 15 is 0 Å². The topological polar surface area (TPSA) is 114 Å². The molecular weight excluding hydrogens is 458 g/mol. The van der Waals surface area contributed by atoms with Crippen molar-refractivity contribution in [3.8, 4) is 0 Å². The predicted octanol–water partition coefficient (Wildman–Crippen LogP) is 1.63. The molecule has 1 fully saturated rings. The van der Waals surface area contributed by atoms with Crippen LogP contribution < -0.4 is 5.32 Å². The Morgan fingerprint density at radius 1 is 1.03 bits per heavy atom. The predicted molar refractivity (Wildman–Crippen MR) is 128 cm³/mol. The lowest BCUT2D eigenvalue weighted by molar-refractivity contribution is -0.279. The van der Waals surface area contributed by atoms with E-state index in [1.165, 1.54) is 14.0 Å². The zero-order chi connectivity index (χ0) is 25.5. The number of nitrogens with one attached hydrogen (secondary N) is 1. The molecule has 35 heavy (non-hydrogen) atoms. The molecule has 1 aromatic carbocycles. The van der Waals surface area contributed by atoms with Gasteiger partial charge in [-0.05, 0) is 19.4 Å². The van der Waals surface area contributed by atoms with E-state index < -0.39 is 24.2 Å². The molecule has 4 atom stereocenters. The van der Waals surface area contributed by atoms with Gasteiger partial charge in [0, 0.05) is 20.5 Å². The van der Waals surface area contributed by atoms with E-state index in [1.54, 1.807) is 13.8 Å². The minimum atomic E-state index is -1.37. The third-order valence-corrected chi connectivity index (χ3v) is 5.09. The van der Waals surface area contributed by atoms with Crippen LogP contribution in [0.2, 0.25) is 0 Å². The molecule has 1 aliphatic rings. The van der Waals surface area contributed by atoms with Gasteiger partial charge in [0.15, 0.2) is 12.1 Å². The van der Waals surface area contributed by atoms with Gasteiger partial charge in [-0.2, -0.15) is 0 Å². The van der Waals surface area contributed by atoms with E-state index in [-0.39, 0.29) is 12.0 Å². The Bertz CT molecular complexity index is 698. The van der Waals surface area contributed by atoms with Crippen LogP contribution in [0.1, 0.15) is 32.8 Å². The standard InChI is InChI=1S/C25H41NO9/c1-19(27)26-23-22(35-25(2,3)28)16-21(34-24(23)29-4)18-33-15-13-31-11-10-30-12-14-32-17-20-8-6-5-7-9-20/h5-9,21-24,28H,10-18H2,1-4H3,(H,26,27)/t21-,22-,23+,24-/m0/s1. The fourth-order valence-electron chi connectivity index (χ4n) is 3.64. The molecule has 1 saturated heterocycles. The molecule has 2 rings (SSSR count). The number of carbonyl (C=O) groups excluding carboxylic acids is 1. The van der Waals surface area contributed by atoms with Gasteiger partial charge in [0.05, 0.1) is 65.1 Å². The number of hydrogen-bond donors (Lipinski definition) is 2. The highest BCUT2D eigenvalue weighted by Crippen LogP contribution is 2.26. The van der Waals surface area contributed by atoms with Crippen molar-refractivity contribution in [2.45, 2.75) is 64.1 Å². The lowest BCUT2D eigenvalue weighted by Crippen LogP contribution is -2.60.